The van der Waals surface area contributed by atoms with Crippen molar-refractivity contribution in [1.29, 1.82) is 0 Å². The maximum atomic E-state index is 9.69. The molecule has 0 atom stereocenters. The van der Waals surface area contributed by atoms with Crippen LogP contribution in [-0.4, -0.2) is 25.0 Å². The fourth-order valence-electron chi connectivity index (χ4n) is 4.15. The molecule has 0 saturated heterocycles. The van der Waals surface area contributed by atoms with Gasteiger partial charge in [-0.25, -0.2) is 9.97 Å². The van der Waals surface area contributed by atoms with Crippen LogP contribution in [0.2, 0.25) is 0 Å². The Morgan fingerprint density at radius 2 is 1.36 bits per heavy atom. The molecular formula is C28H20N4O. The summed E-state index contributed by atoms with van der Waals surface area (Å²) in [6, 6.07) is 31.6. The maximum absolute atomic E-state index is 9.69. The molecule has 0 fully saturated rings. The SMILES string of the molecule is Oc1ccc(-c2nc(-c3ccccc3)c(-c3ccnc4[nH]c(-c5ccccc5)cc34)[nH]2)cc1. The highest BCUT2D eigenvalue weighted by atomic mass is 16.3. The number of pyridine rings is 1. The molecule has 3 heterocycles. The molecule has 6 aromatic rings. The molecule has 0 bridgehead atoms. The van der Waals surface area contributed by atoms with Gasteiger partial charge in [0, 0.05) is 34.0 Å². The number of nitrogens with one attached hydrogen (secondary N) is 2. The largest absolute Gasteiger partial charge is 0.508 e. The average molecular weight is 428 g/mol. The van der Waals surface area contributed by atoms with Gasteiger partial charge in [0.25, 0.3) is 0 Å². The standard InChI is InChI=1S/C28H20N4O/c33-21-13-11-20(12-14-21)27-31-25(19-9-5-2-6-10-19)26(32-27)22-15-16-29-28-23(22)17-24(30-28)18-7-3-1-4-8-18/h1-17,33H,(H,29,30)(H,31,32). The van der Waals surface area contributed by atoms with E-state index in [0.29, 0.717) is 0 Å². The van der Waals surface area contributed by atoms with E-state index in [4.69, 9.17) is 4.98 Å². The Labute approximate surface area is 190 Å². The van der Waals surface area contributed by atoms with Gasteiger partial charge in [-0.3, -0.25) is 0 Å². The second-order valence-electron chi connectivity index (χ2n) is 7.89. The number of hydrogen-bond donors (Lipinski definition) is 3. The Morgan fingerprint density at radius 3 is 2.09 bits per heavy atom. The van der Waals surface area contributed by atoms with Gasteiger partial charge >= 0.3 is 0 Å². The highest BCUT2D eigenvalue weighted by Crippen LogP contribution is 2.37. The monoisotopic (exact) mass is 428 g/mol. The molecule has 0 saturated carbocycles. The Hall–Kier alpha value is -4.64. The highest BCUT2D eigenvalue weighted by molar-refractivity contribution is 5.98. The Morgan fingerprint density at radius 1 is 0.667 bits per heavy atom. The van der Waals surface area contributed by atoms with Crippen LogP contribution in [0, 0.1) is 0 Å². The van der Waals surface area contributed by atoms with Crippen LogP contribution in [0.3, 0.4) is 0 Å². The fraction of sp³-hybridized carbons (Fsp3) is 0. The van der Waals surface area contributed by atoms with Crippen molar-refractivity contribution in [2.75, 3.05) is 0 Å². The summed E-state index contributed by atoms with van der Waals surface area (Å²) in [5.41, 5.74) is 7.70. The molecule has 0 unspecified atom stereocenters. The molecule has 5 nitrogen and oxygen atoms in total. The van der Waals surface area contributed by atoms with Crippen LogP contribution in [-0.2, 0) is 0 Å². The van der Waals surface area contributed by atoms with Crippen LogP contribution in [0.1, 0.15) is 0 Å². The van der Waals surface area contributed by atoms with Crippen molar-refractivity contribution in [3.8, 4) is 50.9 Å². The lowest BCUT2D eigenvalue weighted by atomic mass is 10.0. The number of aromatic hydroxyl groups is 1. The zero-order valence-corrected chi connectivity index (χ0v) is 17.7. The molecule has 3 aromatic carbocycles. The van der Waals surface area contributed by atoms with E-state index < -0.39 is 0 Å². The van der Waals surface area contributed by atoms with Gasteiger partial charge in [0.1, 0.15) is 17.2 Å². The van der Waals surface area contributed by atoms with E-state index in [1.807, 2.05) is 60.8 Å². The molecule has 0 radical (unpaired) electrons. The van der Waals surface area contributed by atoms with Crippen LogP contribution in [0.15, 0.2) is 103 Å². The van der Waals surface area contributed by atoms with Gasteiger partial charge in [0.2, 0.25) is 0 Å². The van der Waals surface area contributed by atoms with Crippen molar-refractivity contribution in [2.24, 2.45) is 0 Å². The van der Waals surface area contributed by atoms with Crippen molar-refractivity contribution < 1.29 is 5.11 Å². The number of fused-ring (bicyclic) bond motifs is 1. The molecule has 0 amide bonds. The van der Waals surface area contributed by atoms with Crippen molar-refractivity contribution in [3.63, 3.8) is 0 Å². The van der Waals surface area contributed by atoms with Gasteiger partial charge < -0.3 is 15.1 Å². The summed E-state index contributed by atoms with van der Waals surface area (Å²) in [5, 5.41) is 10.7. The van der Waals surface area contributed by atoms with Crippen LogP contribution >= 0.6 is 0 Å². The zero-order valence-electron chi connectivity index (χ0n) is 17.7. The van der Waals surface area contributed by atoms with E-state index in [1.165, 1.54) is 0 Å². The lowest BCUT2D eigenvalue weighted by molar-refractivity contribution is 0.475. The Bertz CT molecular complexity index is 1550. The number of phenols is 1. The number of H-pyrrole nitrogens is 2. The van der Waals surface area contributed by atoms with E-state index >= 15 is 0 Å². The average Bonchev–Trinajstić information content (AvgIpc) is 3.51. The third kappa shape index (κ3) is 3.46. The Kier molecular flexibility index (Phi) is 4.51. The molecule has 33 heavy (non-hydrogen) atoms. The quantitative estimate of drug-likeness (QED) is 0.294. The number of phenolic OH excluding ortho intramolecular Hbond substituents is 1. The first-order chi connectivity index (χ1) is 16.3. The van der Waals surface area contributed by atoms with E-state index in [0.717, 1.165) is 56.2 Å². The molecule has 3 aromatic heterocycles. The maximum Gasteiger partial charge on any atom is 0.138 e. The predicted molar refractivity (Wildman–Crippen MR) is 132 cm³/mol. The fourth-order valence-corrected chi connectivity index (χ4v) is 4.15. The number of nitrogens with zero attached hydrogens (tertiary/aromatic N) is 2. The Balaban J connectivity index is 1.57. The lowest BCUT2D eigenvalue weighted by Gasteiger charge is -2.04. The van der Waals surface area contributed by atoms with Gasteiger partial charge in [0.05, 0.1) is 11.4 Å². The smallest absolute Gasteiger partial charge is 0.138 e. The number of benzene rings is 3. The van der Waals surface area contributed by atoms with Crippen molar-refractivity contribution >= 4 is 11.0 Å². The van der Waals surface area contributed by atoms with Crippen LogP contribution in [0.5, 0.6) is 5.75 Å². The minimum Gasteiger partial charge on any atom is -0.508 e. The zero-order chi connectivity index (χ0) is 22.2. The lowest BCUT2D eigenvalue weighted by Crippen LogP contribution is -1.86. The van der Waals surface area contributed by atoms with Gasteiger partial charge in [-0.2, -0.15) is 0 Å². The first-order valence-corrected chi connectivity index (χ1v) is 10.7. The molecular weight excluding hydrogens is 408 g/mol. The molecule has 5 heteroatoms. The van der Waals surface area contributed by atoms with Crippen molar-refractivity contribution in [2.45, 2.75) is 0 Å². The molecule has 3 N–H and O–H groups in total. The van der Waals surface area contributed by atoms with E-state index in [1.54, 1.807) is 12.1 Å². The molecule has 0 aliphatic heterocycles. The van der Waals surface area contributed by atoms with Gasteiger partial charge in [0.15, 0.2) is 0 Å². The summed E-state index contributed by atoms with van der Waals surface area (Å²) in [6.07, 6.45) is 1.82. The summed E-state index contributed by atoms with van der Waals surface area (Å²) in [4.78, 5) is 16.5. The van der Waals surface area contributed by atoms with E-state index in [9.17, 15) is 5.11 Å². The third-order valence-corrected chi connectivity index (χ3v) is 5.78. The van der Waals surface area contributed by atoms with E-state index in [-0.39, 0.29) is 5.75 Å². The van der Waals surface area contributed by atoms with Crippen molar-refractivity contribution in [1.82, 2.24) is 19.9 Å². The second kappa shape index (κ2) is 7.80. The minimum absolute atomic E-state index is 0.227. The van der Waals surface area contributed by atoms with Crippen LogP contribution in [0.25, 0.3) is 56.2 Å². The van der Waals surface area contributed by atoms with Crippen molar-refractivity contribution in [3.05, 3.63) is 103 Å². The van der Waals surface area contributed by atoms with Gasteiger partial charge in [-0.05, 0) is 42.0 Å². The highest BCUT2D eigenvalue weighted by Gasteiger charge is 2.18. The first-order valence-electron chi connectivity index (χ1n) is 10.7. The summed E-state index contributed by atoms with van der Waals surface area (Å²) in [7, 11) is 0. The number of imidazole rings is 1. The normalized spacial score (nSPS) is 11.2. The van der Waals surface area contributed by atoms with Crippen LogP contribution in [0.4, 0.5) is 0 Å². The summed E-state index contributed by atoms with van der Waals surface area (Å²) >= 11 is 0. The molecule has 0 aliphatic rings. The molecule has 0 aliphatic carbocycles. The number of rotatable bonds is 4. The summed E-state index contributed by atoms with van der Waals surface area (Å²) in [6.45, 7) is 0. The predicted octanol–water partition coefficient (Wildman–Crippen LogP) is 6.66. The summed E-state index contributed by atoms with van der Waals surface area (Å²) < 4.78 is 0. The van der Waals surface area contributed by atoms with E-state index in [2.05, 4.69) is 45.3 Å². The van der Waals surface area contributed by atoms with Crippen LogP contribution < -0.4 is 0 Å². The summed E-state index contributed by atoms with van der Waals surface area (Å²) in [5.74, 6) is 0.970. The third-order valence-electron chi connectivity index (χ3n) is 5.78. The molecule has 0 spiro atoms. The molecule has 6 rings (SSSR count). The number of aromatic nitrogens is 4. The number of hydrogen-bond acceptors (Lipinski definition) is 3. The first kappa shape index (κ1) is 19.1. The number of aromatic amines is 2. The van der Waals surface area contributed by atoms with Gasteiger partial charge in [-0.15, -0.1) is 0 Å². The topological polar surface area (TPSA) is 77.6 Å². The second-order valence-corrected chi connectivity index (χ2v) is 7.89. The minimum atomic E-state index is 0.227. The molecule has 158 valence electrons. The van der Waals surface area contributed by atoms with Gasteiger partial charge in [-0.1, -0.05) is 60.7 Å².